The maximum atomic E-state index is 13.4. The second-order valence-electron chi connectivity index (χ2n) is 4.23. The topological polar surface area (TPSA) is 56.0 Å². The molecule has 0 aliphatic rings. The summed E-state index contributed by atoms with van der Waals surface area (Å²) in [5, 5.41) is 20.8. The van der Waals surface area contributed by atoms with Gasteiger partial charge in [0, 0.05) is 18.1 Å². The monoisotopic (exact) mass is 300 g/mol. The quantitative estimate of drug-likeness (QED) is 0.385. The lowest BCUT2D eigenvalue weighted by atomic mass is 10.1. The number of nitrogens with zero attached hydrogens (tertiary/aromatic N) is 1. The van der Waals surface area contributed by atoms with E-state index in [0.29, 0.717) is 12.1 Å². The molecule has 0 amide bonds. The van der Waals surface area contributed by atoms with Gasteiger partial charge in [0.05, 0.1) is 0 Å². The Bertz CT molecular complexity index is 598. The molecule has 1 rings (SSSR count). The third-order valence-corrected chi connectivity index (χ3v) is 2.69. The van der Waals surface area contributed by atoms with Gasteiger partial charge in [-0.25, -0.2) is 13.2 Å². The third-order valence-electron chi connectivity index (χ3n) is 2.39. The van der Waals surface area contributed by atoms with Gasteiger partial charge in [0.25, 0.3) is 0 Å². The average Bonchev–Trinajstić information content (AvgIpc) is 2.34. The Labute approximate surface area is 119 Å². The van der Waals surface area contributed by atoms with Crippen molar-refractivity contribution >= 4 is 22.9 Å². The van der Waals surface area contributed by atoms with Crippen molar-refractivity contribution in [3.05, 3.63) is 40.9 Å². The molecule has 0 aliphatic heterocycles. The standard InChI is InChI=1S/C13H11F3N2OS/c1-6(2)12(19)8(5-17)13(20)18-11-9(15)3-7(14)4-10(11)16/h3-4,6,19H,1-2H3,(H,18,20). The van der Waals surface area contributed by atoms with E-state index in [4.69, 9.17) is 17.5 Å². The highest BCUT2D eigenvalue weighted by molar-refractivity contribution is 7.81. The molecule has 20 heavy (non-hydrogen) atoms. The number of benzene rings is 1. The van der Waals surface area contributed by atoms with E-state index in [0.717, 1.165) is 0 Å². The molecule has 0 aromatic heterocycles. The van der Waals surface area contributed by atoms with Crippen molar-refractivity contribution in [2.45, 2.75) is 13.8 Å². The Balaban J connectivity index is 3.15. The van der Waals surface area contributed by atoms with E-state index in [1.54, 1.807) is 19.9 Å². The van der Waals surface area contributed by atoms with Crippen LogP contribution in [0.15, 0.2) is 23.5 Å². The molecule has 0 spiro atoms. The Morgan fingerprint density at radius 2 is 1.80 bits per heavy atom. The number of aliphatic hydroxyl groups is 1. The first-order valence-corrected chi connectivity index (χ1v) is 5.97. The summed E-state index contributed by atoms with van der Waals surface area (Å²) in [6.07, 6.45) is 0. The van der Waals surface area contributed by atoms with Gasteiger partial charge in [-0.15, -0.1) is 0 Å². The highest BCUT2D eigenvalue weighted by atomic mass is 32.1. The summed E-state index contributed by atoms with van der Waals surface area (Å²) >= 11 is 4.83. The van der Waals surface area contributed by atoms with Crippen LogP contribution < -0.4 is 5.32 Å². The molecule has 1 aromatic carbocycles. The van der Waals surface area contributed by atoms with Gasteiger partial charge in [0.2, 0.25) is 0 Å². The van der Waals surface area contributed by atoms with Crippen LogP contribution in [0.5, 0.6) is 0 Å². The number of hydrogen-bond acceptors (Lipinski definition) is 3. The lowest BCUT2D eigenvalue weighted by Crippen LogP contribution is -2.17. The lowest BCUT2D eigenvalue weighted by Gasteiger charge is -2.12. The normalized spacial score (nSPS) is 11.8. The van der Waals surface area contributed by atoms with E-state index < -0.39 is 23.1 Å². The molecule has 0 bridgehead atoms. The molecule has 7 heteroatoms. The predicted octanol–water partition coefficient (Wildman–Crippen LogP) is 3.83. The van der Waals surface area contributed by atoms with Crippen LogP contribution in [0, 0.1) is 34.7 Å². The summed E-state index contributed by atoms with van der Waals surface area (Å²) in [5.41, 5.74) is -0.973. The maximum Gasteiger partial charge on any atom is 0.152 e. The minimum atomic E-state index is -1.19. The predicted molar refractivity (Wildman–Crippen MR) is 72.6 cm³/mol. The molecule has 0 atom stereocenters. The molecule has 0 heterocycles. The highest BCUT2D eigenvalue weighted by Gasteiger charge is 2.18. The number of aliphatic hydroxyl groups excluding tert-OH is 1. The van der Waals surface area contributed by atoms with E-state index in [2.05, 4.69) is 5.32 Å². The van der Waals surface area contributed by atoms with Crippen molar-refractivity contribution < 1.29 is 18.3 Å². The first kappa shape index (κ1) is 16.0. The number of thiocarbonyl (C=S) groups is 1. The van der Waals surface area contributed by atoms with E-state index in [1.165, 1.54) is 0 Å². The molecular weight excluding hydrogens is 289 g/mol. The number of nitrogens with one attached hydrogen (secondary N) is 1. The van der Waals surface area contributed by atoms with Crippen LogP contribution >= 0.6 is 12.2 Å². The molecule has 1 aromatic rings. The van der Waals surface area contributed by atoms with Gasteiger partial charge < -0.3 is 10.4 Å². The summed E-state index contributed by atoms with van der Waals surface area (Å²) in [6, 6.07) is 2.62. The number of anilines is 1. The fourth-order valence-electron chi connectivity index (χ4n) is 1.35. The van der Waals surface area contributed by atoms with Crippen LogP contribution in [0.1, 0.15) is 13.8 Å². The molecular formula is C13H11F3N2OS. The second kappa shape index (κ2) is 6.39. The van der Waals surface area contributed by atoms with Gasteiger partial charge in [-0.1, -0.05) is 26.1 Å². The molecule has 0 saturated carbocycles. The molecule has 3 nitrogen and oxygen atoms in total. The number of rotatable bonds is 3. The first-order valence-electron chi connectivity index (χ1n) is 5.57. The van der Waals surface area contributed by atoms with Crippen LogP contribution in [0.2, 0.25) is 0 Å². The zero-order valence-corrected chi connectivity index (χ0v) is 11.5. The largest absolute Gasteiger partial charge is 0.511 e. The fourth-order valence-corrected chi connectivity index (χ4v) is 1.60. The Morgan fingerprint density at radius 1 is 1.30 bits per heavy atom. The Kier molecular flexibility index (Phi) is 5.11. The molecule has 106 valence electrons. The lowest BCUT2D eigenvalue weighted by molar-refractivity contribution is 0.350. The molecule has 0 aliphatic carbocycles. The van der Waals surface area contributed by atoms with Gasteiger partial charge in [0.15, 0.2) is 11.6 Å². The van der Waals surface area contributed by atoms with E-state index in [1.807, 2.05) is 0 Å². The minimum absolute atomic E-state index is 0.293. The van der Waals surface area contributed by atoms with Crippen molar-refractivity contribution in [3.63, 3.8) is 0 Å². The Hall–Kier alpha value is -2.07. The van der Waals surface area contributed by atoms with Crippen molar-refractivity contribution in [2.75, 3.05) is 5.32 Å². The number of hydrogen-bond donors (Lipinski definition) is 2. The first-order chi connectivity index (χ1) is 9.27. The van der Waals surface area contributed by atoms with Crippen LogP contribution in [-0.4, -0.2) is 10.1 Å². The van der Waals surface area contributed by atoms with Gasteiger partial charge in [0.1, 0.15) is 33.9 Å². The van der Waals surface area contributed by atoms with Crippen LogP contribution in [0.3, 0.4) is 0 Å². The number of nitriles is 1. The number of halogens is 3. The maximum absolute atomic E-state index is 13.4. The van der Waals surface area contributed by atoms with Crippen LogP contribution in [-0.2, 0) is 0 Å². The van der Waals surface area contributed by atoms with Gasteiger partial charge in [-0.2, -0.15) is 5.26 Å². The van der Waals surface area contributed by atoms with E-state index in [-0.39, 0.29) is 22.2 Å². The minimum Gasteiger partial charge on any atom is -0.511 e. The van der Waals surface area contributed by atoms with E-state index >= 15 is 0 Å². The van der Waals surface area contributed by atoms with Gasteiger partial charge >= 0.3 is 0 Å². The van der Waals surface area contributed by atoms with Crippen molar-refractivity contribution in [1.29, 1.82) is 5.26 Å². The summed E-state index contributed by atoms with van der Waals surface area (Å²) in [4.78, 5) is -0.344. The van der Waals surface area contributed by atoms with Crippen LogP contribution in [0.4, 0.5) is 18.9 Å². The number of allylic oxidation sites excluding steroid dienone is 1. The van der Waals surface area contributed by atoms with E-state index in [9.17, 15) is 18.3 Å². The second-order valence-corrected chi connectivity index (χ2v) is 4.63. The summed E-state index contributed by atoms with van der Waals surface area (Å²) in [5.74, 6) is -4.13. The summed E-state index contributed by atoms with van der Waals surface area (Å²) < 4.78 is 39.6. The smallest absolute Gasteiger partial charge is 0.152 e. The SMILES string of the molecule is CC(C)C(O)=C(C#N)C(=S)Nc1c(F)cc(F)cc1F. The molecule has 0 fully saturated rings. The molecule has 0 unspecified atom stereocenters. The Morgan fingerprint density at radius 3 is 2.20 bits per heavy atom. The third kappa shape index (κ3) is 3.48. The summed E-state index contributed by atoms with van der Waals surface area (Å²) in [7, 11) is 0. The highest BCUT2D eigenvalue weighted by Crippen LogP contribution is 2.22. The fraction of sp³-hybridized carbons (Fsp3) is 0.231. The molecule has 0 saturated heterocycles. The zero-order valence-electron chi connectivity index (χ0n) is 10.7. The van der Waals surface area contributed by atoms with Crippen molar-refractivity contribution in [2.24, 2.45) is 5.92 Å². The van der Waals surface area contributed by atoms with Gasteiger partial charge in [-0.05, 0) is 0 Å². The molecule has 0 radical (unpaired) electrons. The van der Waals surface area contributed by atoms with Crippen molar-refractivity contribution in [3.8, 4) is 6.07 Å². The van der Waals surface area contributed by atoms with Crippen LogP contribution in [0.25, 0.3) is 0 Å². The molecule has 2 N–H and O–H groups in total. The zero-order chi connectivity index (χ0) is 15.4. The average molecular weight is 300 g/mol. The summed E-state index contributed by atoms with van der Waals surface area (Å²) in [6.45, 7) is 3.24. The van der Waals surface area contributed by atoms with Gasteiger partial charge in [-0.3, -0.25) is 0 Å². The van der Waals surface area contributed by atoms with Crippen molar-refractivity contribution in [1.82, 2.24) is 0 Å².